The monoisotopic (exact) mass is 273 g/mol. The summed E-state index contributed by atoms with van der Waals surface area (Å²) in [5.74, 6) is 0.625. The third-order valence-corrected chi connectivity index (χ3v) is 4.24. The Morgan fingerprint density at radius 3 is 2.22 bits per heavy atom. The van der Waals surface area contributed by atoms with Crippen molar-refractivity contribution in [2.24, 2.45) is 0 Å². The van der Waals surface area contributed by atoms with Crippen molar-refractivity contribution >= 4 is 10.0 Å². The topological polar surface area (TPSA) is 75.6 Å². The fourth-order valence-corrected chi connectivity index (χ4v) is 3.33. The molecule has 0 aliphatic rings. The molecule has 0 spiro atoms. The molecule has 1 rings (SSSR count). The molecule has 1 aromatic carbocycles. The van der Waals surface area contributed by atoms with Crippen LogP contribution in [0.3, 0.4) is 0 Å². The number of rotatable bonds is 5. The lowest BCUT2D eigenvalue weighted by Gasteiger charge is -2.14. The van der Waals surface area contributed by atoms with Crippen LogP contribution in [-0.2, 0) is 10.0 Å². The lowest BCUT2D eigenvalue weighted by atomic mass is 10.1. The minimum Gasteiger partial charge on any atom is -0.497 e. The van der Waals surface area contributed by atoms with Crippen molar-refractivity contribution in [1.29, 1.82) is 0 Å². The fourth-order valence-electron chi connectivity index (χ4n) is 1.75. The molecule has 0 amide bonds. The van der Waals surface area contributed by atoms with Gasteiger partial charge in [-0.25, -0.2) is 13.1 Å². The largest absolute Gasteiger partial charge is 0.497 e. The van der Waals surface area contributed by atoms with E-state index in [0.717, 1.165) is 0 Å². The molecule has 0 aliphatic carbocycles. The van der Waals surface area contributed by atoms with Crippen LogP contribution in [0.1, 0.15) is 18.1 Å². The number of sulfonamides is 1. The van der Waals surface area contributed by atoms with Crippen molar-refractivity contribution < 1.29 is 18.3 Å². The Morgan fingerprint density at radius 2 is 1.83 bits per heavy atom. The van der Waals surface area contributed by atoms with E-state index < -0.39 is 16.1 Å². The van der Waals surface area contributed by atoms with E-state index in [4.69, 9.17) is 9.84 Å². The molecule has 0 aliphatic heterocycles. The summed E-state index contributed by atoms with van der Waals surface area (Å²) >= 11 is 0. The fraction of sp³-hybridized carbons (Fsp3) is 0.500. The third kappa shape index (κ3) is 3.44. The molecule has 18 heavy (non-hydrogen) atoms. The number of aliphatic hydroxyl groups is 1. The number of aryl methyl sites for hydroxylation is 2. The maximum Gasteiger partial charge on any atom is 0.241 e. The summed E-state index contributed by atoms with van der Waals surface area (Å²) < 4.78 is 31.7. The number of nitrogens with one attached hydrogen (secondary N) is 1. The van der Waals surface area contributed by atoms with Crippen LogP contribution in [0.25, 0.3) is 0 Å². The number of aliphatic hydroxyl groups excluding tert-OH is 1. The number of ether oxygens (including phenoxy) is 1. The van der Waals surface area contributed by atoms with Gasteiger partial charge in [-0.3, -0.25) is 0 Å². The van der Waals surface area contributed by atoms with E-state index in [1.165, 1.54) is 14.0 Å². The third-order valence-electron chi connectivity index (χ3n) is 2.51. The Labute approximate surface area is 108 Å². The Kier molecular flexibility index (Phi) is 4.72. The zero-order valence-corrected chi connectivity index (χ0v) is 11.8. The molecule has 0 saturated heterocycles. The highest BCUT2D eigenvalue weighted by Crippen LogP contribution is 2.25. The number of hydrogen-bond acceptors (Lipinski definition) is 4. The van der Waals surface area contributed by atoms with E-state index in [1.54, 1.807) is 26.0 Å². The molecule has 5 nitrogen and oxygen atoms in total. The lowest BCUT2D eigenvalue weighted by molar-refractivity contribution is 0.198. The second kappa shape index (κ2) is 5.69. The van der Waals surface area contributed by atoms with Gasteiger partial charge < -0.3 is 9.84 Å². The summed E-state index contributed by atoms with van der Waals surface area (Å²) in [5.41, 5.74) is 1.23. The van der Waals surface area contributed by atoms with E-state index in [1.807, 2.05) is 0 Å². The van der Waals surface area contributed by atoms with E-state index in [-0.39, 0.29) is 11.4 Å². The van der Waals surface area contributed by atoms with E-state index >= 15 is 0 Å². The van der Waals surface area contributed by atoms with Gasteiger partial charge in [0.2, 0.25) is 10.0 Å². The van der Waals surface area contributed by atoms with Crippen molar-refractivity contribution in [2.75, 3.05) is 13.7 Å². The van der Waals surface area contributed by atoms with Crippen LogP contribution in [0, 0.1) is 13.8 Å². The molecule has 102 valence electrons. The average Bonchev–Trinajstić information content (AvgIpc) is 2.25. The van der Waals surface area contributed by atoms with Crippen LogP contribution in [0.15, 0.2) is 17.0 Å². The summed E-state index contributed by atoms with van der Waals surface area (Å²) in [6, 6.07) is 3.34. The quantitative estimate of drug-likeness (QED) is 0.838. The van der Waals surface area contributed by atoms with Crippen molar-refractivity contribution in [3.8, 4) is 5.75 Å². The Hall–Kier alpha value is -1.11. The van der Waals surface area contributed by atoms with Crippen molar-refractivity contribution in [3.63, 3.8) is 0 Å². The normalized spacial score (nSPS) is 13.4. The lowest BCUT2D eigenvalue weighted by Crippen LogP contribution is -2.31. The summed E-state index contributed by atoms with van der Waals surface area (Å²) in [6.45, 7) is 4.95. The standard InChI is InChI=1S/C12H19NO4S/c1-8-5-11(17-4)6-9(2)12(8)18(15,16)13-7-10(3)14/h5-6,10,13-14H,7H2,1-4H3/t10-/m1/s1. The van der Waals surface area contributed by atoms with Gasteiger partial charge in [-0.2, -0.15) is 0 Å². The summed E-state index contributed by atoms with van der Waals surface area (Å²) in [7, 11) is -2.07. The summed E-state index contributed by atoms with van der Waals surface area (Å²) in [5, 5.41) is 9.14. The maximum absolute atomic E-state index is 12.1. The highest BCUT2D eigenvalue weighted by molar-refractivity contribution is 7.89. The van der Waals surface area contributed by atoms with Crippen molar-refractivity contribution in [2.45, 2.75) is 31.8 Å². The highest BCUT2D eigenvalue weighted by Gasteiger charge is 2.20. The van der Waals surface area contributed by atoms with Crippen LogP contribution in [0.5, 0.6) is 5.75 Å². The van der Waals surface area contributed by atoms with Crippen LogP contribution in [0.2, 0.25) is 0 Å². The van der Waals surface area contributed by atoms with Gasteiger partial charge in [-0.1, -0.05) is 0 Å². The molecule has 1 atom stereocenters. The summed E-state index contributed by atoms with van der Waals surface area (Å²) in [4.78, 5) is 0.240. The van der Waals surface area contributed by atoms with Crippen LogP contribution < -0.4 is 9.46 Å². The maximum atomic E-state index is 12.1. The first-order valence-electron chi connectivity index (χ1n) is 5.61. The molecule has 0 fully saturated rings. The zero-order chi connectivity index (χ0) is 13.9. The Bertz CT molecular complexity index is 500. The molecule has 1 aromatic rings. The first kappa shape index (κ1) is 14.9. The highest BCUT2D eigenvalue weighted by atomic mass is 32.2. The molecular weight excluding hydrogens is 254 g/mol. The Balaban J connectivity index is 3.17. The van der Waals surface area contributed by atoms with Crippen LogP contribution >= 0.6 is 0 Å². The van der Waals surface area contributed by atoms with Gasteiger partial charge in [-0.15, -0.1) is 0 Å². The second-order valence-corrected chi connectivity index (χ2v) is 6.00. The van der Waals surface area contributed by atoms with Gasteiger partial charge in [0.15, 0.2) is 0 Å². The van der Waals surface area contributed by atoms with E-state index in [9.17, 15) is 8.42 Å². The van der Waals surface area contributed by atoms with Gasteiger partial charge in [0, 0.05) is 6.54 Å². The van der Waals surface area contributed by atoms with Crippen molar-refractivity contribution in [1.82, 2.24) is 4.72 Å². The van der Waals surface area contributed by atoms with Crippen LogP contribution in [0.4, 0.5) is 0 Å². The first-order chi connectivity index (χ1) is 8.27. The van der Waals surface area contributed by atoms with Gasteiger partial charge >= 0.3 is 0 Å². The van der Waals surface area contributed by atoms with Gasteiger partial charge in [0.1, 0.15) is 5.75 Å². The molecular formula is C12H19NO4S. The average molecular weight is 273 g/mol. The molecule has 0 heterocycles. The second-order valence-electron chi connectivity index (χ2n) is 4.29. The molecule has 6 heteroatoms. The van der Waals surface area contributed by atoms with Crippen molar-refractivity contribution in [3.05, 3.63) is 23.3 Å². The number of methoxy groups -OCH3 is 1. The minimum atomic E-state index is -3.61. The molecule has 0 saturated carbocycles. The minimum absolute atomic E-state index is 0.00670. The summed E-state index contributed by atoms with van der Waals surface area (Å²) in [6.07, 6.45) is -0.723. The van der Waals surface area contributed by atoms with E-state index in [0.29, 0.717) is 16.9 Å². The first-order valence-corrected chi connectivity index (χ1v) is 7.09. The van der Waals surface area contributed by atoms with Gasteiger partial charge in [0.25, 0.3) is 0 Å². The predicted molar refractivity (Wildman–Crippen MR) is 69.3 cm³/mol. The Morgan fingerprint density at radius 1 is 1.33 bits per heavy atom. The molecule has 0 aromatic heterocycles. The SMILES string of the molecule is COc1cc(C)c(S(=O)(=O)NC[C@@H](C)O)c(C)c1. The van der Waals surface area contributed by atoms with Crippen LogP contribution in [-0.4, -0.2) is 33.3 Å². The van der Waals surface area contributed by atoms with Gasteiger partial charge in [0.05, 0.1) is 18.1 Å². The number of benzene rings is 1. The van der Waals surface area contributed by atoms with E-state index in [2.05, 4.69) is 4.72 Å². The predicted octanol–water partition coefficient (Wildman–Crippen LogP) is 0.971. The zero-order valence-electron chi connectivity index (χ0n) is 11.0. The van der Waals surface area contributed by atoms with Gasteiger partial charge in [-0.05, 0) is 44.0 Å². The molecule has 0 radical (unpaired) electrons. The molecule has 2 N–H and O–H groups in total. The molecule has 0 bridgehead atoms. The smallest absolute Gasteiger partial charge is 0.241 e. The molecule has 0 unspecified atom stereocenters. The number of hydrogen-bond donors (Lipinski definition) is 2.